The fraction of sp³-hybridized carbons (Fsp3) is 0.344. The van der Waals surface area contributed by atoms with Crippen molar-refractivity contribution in [3.63, 3.8) is 0 Å². The van der Waals surface area contributed by atoms with E-state index in [1.165, 1.54) is 0 Å². The molecule has 4 aromatic rings. The van der Waals surface area contributed by atoms with Crippen molar-refractivity contribution < 1.29 is 19.5 Å². The van der Waals surface area contributed by atoms with Crippen LogP contribution in [-0.2, 0) is 11.3 Å². The normalized spacial score (nSPS) is 14.9. The van der Waals surface area contributed by atoms with Crippen LogP contribution in [0.2, 0.25) is 0 Å². The Labute approximate surface area is 239 Å². The van der Waals surface area contributed by atoms with Crippen LogP contribution in [0.25, 0.3) is 21.7 Å². The third kappa shape index (κ3) is 6.45. The Hall–Kier alpha value is -4.53. The van der Waals surface area contributed by atoms with E-state index in [-0.39, 0.29) is 23.8 Å². The van der Waals surface area contributed by atoms with E-state index in [1.54, 1.807) is 11.0 Å². The number of aromatic nitrogens is 1. The van der Waals surface area contributed by atoms with E-state index in [0.717, 1.165) is 40.1 Å². The van der Waals surface area contributed by atoms with Gasteiger partial charge in [-0.15, -0.1) is 0 Å². The highest BCUT2D eigenvalue weighted by Crippen LogP contribution is 2.25. The van der Waals surface area contributed by atoms with Crippen molar-refractivity contribution in [3.05, 3.63) is 83.6 Å². The van der Waals surface area contributed by atoms with Gasteiger partial charge in [-0.1, -0.05) is 53.7 Å². The van der Waals surface area contributed by atoms with Gasteiger partial charge in [-0.2, -0.15) is 0 Å². The van der Waals surface area contributed by atoms with Gasteiger partial charge in [0.1, 0.15) is 11.3 Å². The number of piperidine rings is 1. The van der Waals surface area contributed by atoms with Crippen LogP contribution in [0.5, 0.6) is 0 Å². The number of hydrogen-bond donors (Lipinski definition) is 3. The quantitative estimate of drug-likeness (QED) is 0.129. The molecule has 0 bridgehead atoms. The number of ether oxygens (including phenoxy) is 1. The summed E-state index contributed by atoms with van der Waals surface area (Å²) in [7, 11) is 0. The number of oxime groups is 1. The van der Waals surface area contributed by atoms with Gasteiger partial charge in [0.25, 0.3) is 5.91 Å². The van der Waals surface area contributed by atoms with Crippen molar-refractivity contribution in [2.75, 3.05) is 19.6 Å². The van der Waals surface area contributed by atoms with Gasteiger partial charge in [-0.25, -0.2) is 4.79 Å². The molecule has 0 radical (unpaired) electrons. The van der Waals surface area contributed by atoms with Crippen molar-refractivity contribution in [2.45, 2.75) is 45.8 Å². The summed E-state index contributed by atoms with van der Waals surface area (Å²) in [6.45, 7) is 7.80. The second kappa shape index (κ2) is 11.5. The first-order valence-electron chi connectivity index (χ1n) is 14.0. The number of benzene rings is 3. The van der Waals surface area contributed by atoms with E-state index in [0.29, 0.717) is 37.4 Å². The lowest BCUT2D eigenvalue weighted by molar-refractivity contribution is 0.0183. The number of nitrogens with two attached hydrogens (primary N) is 1. The molecule has 2 amide bonds. The molecule has 1 saturated heterocycles. The van der Waals surface area contributed by atoms with Crippen LogP contribution < -0.4 is 11.1 Å². The molecule has 4 N–H and O–H groups in total. The molecule has 0 spiro atoms. The lowest BCUT2D eigenvalue weighted by Gasteiger charge is -2.33. The Morgan fingerprint density at radius 3 is 2.41 bits per heavy atom. The van der Waals surface area contributed by atoms with E-state index in [9.17, 15) is 14.8 Å². The fourth-order valence-corrected chi connectivity index (χ4v) is 5.32. The molecule has 1 aliphatic heterocycles. The molecule has 1 fully saturated rings. The Morgan fingerprint density at radius 1 is 1.00 bits per heavy atom. The number of nitrogens with one attached hydrogen (secondary N) is 1. The predicted octanol–water partition coefficient (Wildman–Crippen LogP) is 5.31. The summed E-state index contributed by atoms with van der Waals surface area (Å²) < 4.78 is 7.48. The lowest BCUT2D eigenvalue weighted by Crippen LogP contribution is -2.43. The van der Waals surface area contributed by atoms with Crippen molar-refractivity contribution in [3.8, 4) is 0 Å². The zero-order chi connectivity index (χ0) is 29.1. The van der Waals surface area contributed by atoms with E-state index in [1.807, 2.05) is 55.7 Å². The molecule has 0 atom stereocenters. The van der Waals surface area contributed by atoms with Crippen LogP contribution in [0.3, 0.4) is 0 Å². The van der Waals surface area contributed by atoms with Gasteiger partial charge in [0.15, 0.2) is 5.84 Å². The van der Waals surface area contributed by atoms with Crippen molar-refractivity contribution in [1.82, 2.24) is 14.8 Å². The second-order valence-corrected chi connectivity index (χ2v) is 11.7. The topological polar surface area (TPSA) is 122 Å². The highest BCUT2D eigenvalue weighted by molar-refractivity contribution is 6.03. The standard InChI is InChI=1S/C32H37N5O4/c1-32(2,3)41-31(39)36-14-12-21(13-15-36)19-34-30(38)28-17-25-10-11-26(29(33)35-40)18-27(25)37(28)20-22-8-9-23-6-4-5-7-24(23)16-22/h4-11,16-18,21,40H,12-15,19-20H2,1-3H3,(H2,33,35)(H,34,38). The number of likely N-dealkylation sites (tertiary alicyclic amines) is 1. The number of carbonyl (C=O) groups excluding carboxylic acids is 2. The largest absolute Gasteiger partial charge is 0.444 e. The summed E-state index contributed by atoms with van der Waals surface area (Å²) >= 11 is 0. The first-order valence-corrected chi connectivity index (χ1v) is 14.0. The number of fused-ring (bicyclic) bond motifs is 2. The second-order valence-electron chi connectivity index (χ2n) is 11.7. The first kappa shape index (κ1) is 28.0. The van der Waals surface area contributed by atoms with Crippen LogP contribution >= 0.6 is 0 Å². The Morgan fingerprint density at radius 2 is 1.71 bits per heavy atom. The average Bonchev–Trinajstić information content (AvgIpc) is 3.32. The Balaban J connectivity index is 1.35. The van der Waals surface area contributed by atoms with E-state index >= 15 is 0 Å². The highest BCUT2D eigenvalue weighted by atomic mass is 16.6. The summed E-state index contributed by atoms with van der Waals surface area (Å²) in [6, 6.07) is 21.8. The molecule has 1 aliphatic rings. The number of hydrogen-bond acceptors (Lipinski definition) is 5. The molecule has 1 aromatic heterocycles. The number of amidine groups is 1. The minimum Gasteiger partial charge on any atom is -0.444 e. The van der Waals surface area contributed by atoms with Crippen LogP contribution in [0.1, 0.15) is 55.2 Å². The third-order valence-electron chi connectivity index (χ3n) is 7.51. The molecule has 9 nitrogen and oxygen atoms in total. The minimum atomic E-state index is -0.523. The van der Waals surface area contributed by atoms with Crippen molar-refractivity contribution >= 4 is 39.5 Å². The lowest BCUT2D eigenvalue weighted by atomic mass is 9.97. The predicted molar refractivity (Wildman–Crippen MR) is 160 cm³/mol. The maximum atomic E-state index is 13.6. The van der Waals surface area contributed by atoms with Gasteiger partial charge in [0.2, 0.25) is 0 Å². The van der Waals surface area contributed by atoms with Gasteiger partial charge in [-0.3, -0.25) is 4.79 Å². The summed E-state index contributed by atoms with van der Waals surface area (Å²) in [5, 5.41) is 18.7. The van der Waals surface area contributed by atoms with Gasteiger partial charge in [-0.05, 0) is 74.1 Å². The maximum Gasteiger partial charge on any atom is 0.410 e. The summed E-state index contributed by atoms with van der Waals surface area (Å²) in [6.07, 6.45) is 1.30. The third-order valence-corrected chi connectivity index (χ3v) is 7.51. The number of amides is 2. The number of carbonyl (C=O) groups is 2. The van der Waals surface area contributed by atoms with Gasteiger partial charge >= 0.3 is 6.09 Å². The summed E-state index contributed by atoms with van der Waals surface area (Å²) in [5.41, 5.74) is 8.34. The molecule has 9 heteroatoms. The zero-order valence-electron chi connectivity index (χ0n) is 23.8. The molecule has 2 heterocycles. The maximum absolute atomic E-state index is 13.6. The average molecular weight is 556 g/mol. The SMILES string of the molecule is CC(C)(C)OC(=O)N1CCC(CNC(=O)c2cc3ccc(C(N)=NO)cc3n2Cc2ccc3ccccc3c2)CC1. The summed E-state index contributed by atoms with van der Waals surface area (Å²) in [4.78, 5) is 27.7. The van der Waals surface area contributed by atoms with E-state index < -0.39 is 5.60 Å². The first-order chi connectivity index (χ1) is 19.6. The van der Waals surface area contributed by atoms with Crippen molar-refractivity contribution in [2.24, 2.45) is 16.8 Å². The van der Waals surface area contributed by atoms with Gasteiger partial charge < -0.3 is 30.5 Å². The van der Waals surface area contributed by atoms with E-state index in [2.05, 4.69) is 40.8 Å². The van der Waals surface area contributed by atoms with Gasteiger partial charge in [0, 0.05) is 42.6 Å². The molecular formula is C32H37N5O4. The zero-order valence-corrected chi connectivity index (χ0v) is 23.8. The Kier molecular flexibility index (Phi) is 7.88. The highest BCUT2D eigenvalue weighted by Gasteiger charge is 2.27. The number of rotatable bonds is 6. The molecule has 0 aliphatic carbocycles. The van der Waals surface area contributed by atoms with E-state index in [4.69, 9.17) is 10.5 Å². The monoisotopic (exact) mass is 555 g/mol. The molecule has 5 rings (SSSR count). The van der Waals surface area contributed by atoms with Crippen LogP contribution in [0.15, 0.2) is 71.9 Å². The summed E-state index contributed by atoms with van der Waals surface area (Å²) in [5.74, 6) is 0.110. The van der Waals surface area contributed by atoms with Crippen LogP contribution in [-0.4, -0.2) is 57.7 Å². The van der Waals surface area contributed by atoms with Crippen molar-refractivity contribution in [1.29, 1.82) is 0 Å². The Bertz CT molecular complexity index is 1610. The van der Waals surface area contributed by atoms with Gasteiger partial charge in [0.05, 0.1) is 0 Å². The molecular weight excluding hydrogens is 518 g/mol. The van der Waals surface area contributed by atoms with Crippen LogP contribution in [0, 0.1) is 5.92 Å². The smallest absolute Gasteiger partial charge is 0.410 e. The molecule has 214 valence electrons. The molecule has 0 saturated carbocycles. The minimum absolute atomic E-state index is 0.00841. The fourth-order valence-electron chi connectivity index (χ4n) is 5.32. The molecule has 0 unspecified atom stereocenters. The molecule has 41 heavy (non-hydrogen) atoms. The van der Waals surface area contributed by atoms with Crippen LogP contribution in [0.4, 0.5) is 4.79 Å². The molecule has 3 aromatic carbocycles. The number of nitrogens with zero attached hydrogens (tertiary/aromatic N) is 3.